The number of hydrogen-bond donors (Lipinski definition) is 4. The lowest BCUT2D eigenvalue weighted by Crippen LogP contribution is -2.39. The Balaban J connectivity index is 2.96. The monoisotopic (exact) mass is 260 g/mol. The molecule has 0 aliphatic heterocycles. The normalized spacial score (nSPS) is 16.2. The molecule has 0 amide bonds. The first-order valence-corrected chi connectivity index (χ1v) is 5.36. The van der Waals surface area contributed by atoms with Crippen molar-refractivity contribution < 1.29 is 20.1 Å². The van der Waals surface area contributed by atoms with E-state index in [1.54, 1.807) is 0 Å². The van der Waals surface area contributed by atoms with Gasteiger partial charge in [0.15, 0.2) is 6.23 Å². The predicted octanol–water partition coefficient (Wildman–Crippen LogP) is -2.21. The first-order chi connectivity index (χ1) is 8.49. The Morgan fingerprint density at radius 3 is 2.50 bits per heavy atom. The molecule has 1 aromatic heterocycles. The summed E-state index contributed by atoms with van der Waals surface area (Å²) in [6, 6.07) is 1.10. The average Bonchev–Trinajstić information content (AvgIpc) is 2.31. The van der Waals surface area contributed by atoms with Gasteiger partial charge in [0.05, 0.1) is 19.3 Å². The zero-order valence-corrected chi connectivity index (χ0v) is 9.81. The Hall–Kier alpha value is -1.48. The minimum absolute atomic E-state index is 0.466. The zero-order valence-electron chi connectivity index (χ0n) is 9.81. The van der Waals surface area contributed by atoms with E-state index in [1.807, 2.05) is 4.98 Å². The topological polar surface area (TPSA) is 125 Å². The number of aromatic amines is 1. The summed E-state index contributed by atoms with van der Waals surface area (Å²) < 4.78 is 6.17. The maximum absolute atomic E-state index is 11.5. The van der Waals surface area contributed by atoms with Crippen LogP contribution in [0.3, 0.4) is 0 Å². The average molecular weight is 260 g/mol. The molecule has 0 fully saturated rings. The second kappa shape index (κ2) is 6.45. The quantitative estimate of drug-likeness (QED) is 0.459. The second-order valence-electron chi connectivity index (χ2n) is 3.75. The van der Waals surface area contributed by atoms with Crippen molar-refractivity contribution in [3.8, 4) is 0 Å². The lowest BCUT2D eigenvalue weighted by molar-refractivity contribution is -0.134. The predicted molar refractivity (Wildman–Crippen MR) is 61.1 cm³/mol. The fourth-order valence-electron chi connectivity index (χ4n) is 1.36. The third-order valence-electron chi connectivity index (χ3n) is 2.37. The van der Waals surface area contributed by atoms with Crippen molar-refractivity contribution in [1.82, 2.24) is 9.55 Å². The maximum atomic E-state index is 11.5. The molecule has 18 heavy (non-hydrogen) atoms. The highest BCUT2D eigenvalue weighted by Crippen LogP contribution is 2.10. The molecule has 0 aromatic carbocycles. The Kier molecular flexibility index (Phi) is 5.23. The largest absolute Gasteiger partial charge is 0.394 e. The number of aliphatic hydroxyl groups is 3. The molecular formula is C10H16N2O6. The number of aromatic nitrogens is 2. The van der Waals surface area contributed by atoms with Gasteiger partial charge in [0, 0.05) is 12.3 Å². The maximum Gasteiger partial charge on any atom is 0.330 e. The lowest BCUT2D eigenvalue weighted by atomic mass is 10.2. The lowest BCUT2D eigenvalue weighted by Gasteiger charge is -2.25. The number of H-pyrrole nitrogens is 1. The molecule has 0 saturated heterocycles. The molecule has 3 atom stereocenters. The van der Waals surface area contributed by atoms with E-state index in [0.717, 1.165) is 10.6 Å². The number of nitrogens with zero attached hydrogens (tertiary/aromatic N) is 1. The van der Waals surface area contributed by atoms with Crippen LogP contribution < -0.4 is 11.2 Å². The van der Waals surface area contributed by atoms with Gasteiger partial charge in [-0.1, -0.05) is 0 Å². The summed E-state index contributed by atoms with van der Waals surface area (Å²) in [5.41, 5.74) is -1.31. The van der Waals surface area contributed by atoms with Gasteiger partial charge in [-0.15, -0.1) is 0 Å². The molecule has 1 heterocycles. The van der Waals surface area contributed by atoms with Gasteiger partial charge in [-0.2, -0.15) is 0 Å². The standard InChI is InChI=1S/C10H16N2O6/c1-6(15)7(4-13)18-9(5-14)12-3-2-8(16)11-10(12)17/h2-3,6-7,9,13-15H,4-5H2,1H3,(H,11,16,17)/t6-,7+,9?/m0/s1. The van der Waals surface area contributed by atoms with Crippen LogP contribution >= 0.6 is 0 Å². The fourth-order valence-corrected chi connectivity index (χ4v) is 1.36. The molecule has 0 spiro atoms. The van der Waals surface area contributed by atoms with Crippen LogP contribution in [0.25, 0.3) is 0 Å². The Labute approximate surface area is 102 Å². The van der Waals surface area contributed by atoms with Gasteiger partial charge in [-0.3, -0.25) is 14.3 Å². The first-order valence-electron chi connectivity index (χ1n) is 5.36. The van der Waals surface area contributed by atoms with Crippen LogP contribution in [0.2, 0.25) is 0 Å². The molecule has 0 saturated carbocycles. The van der Waals surface area contributed by atoms with E-state index >= 15 is 0 Å². The molecule has 1 rings (SSSR count). The minimum atomic E-state index is -1.10. The Bertz CT molecular complexity index is 480. The van der Waals surface area contributed by atoms with Gasteiger partial charge in [-0.25, -0.2) is 4.79 Å². The summed E-state index contributed by atoms with van der Waals surface area (Å²) in [5.74, 6) is 0. The number of rotatable bonds is 6. The third-order valence-corrected chi connectivity index (χ3v) is 2.37. The van der Waals surface area contributed by atoms with E-state index in [0.29, 0.717) is 0 Å². The van der Waals surface area contributed by atoms with Crippen molar-refractivity contribution in [2.45, 2.75) is 25.4 Å². The highest BCUT2D eigenvalue weighted by Gasteiger charge is 2.21. The summed E-state index contributed by atoms with van der Waals surface area (Å²) >= 11 is 0. The van der Waals surface area contributed by atoms with Crippen molar-refractivity contribution in [2.75, 3.05) is 13.2 Å². The van der Waals surface area contributed by atoms with Crippen LogP contribution in [0.15, 0.2) is 21.9 Å². The van der Waals surface area contributed by atoms with Gasteiger partial charge in [0.25, 0.3) is 5.56 Å². The number of hydrogen-bond acceptors (Lipinski definition) is 6. The molecule has 1 aromatic rings. The second-order valence-corrected chi connectivity index (χ2v) is 3.75. The van der Waals surface area contributed by atoms with Crippen molar-refractivity contribution in [3.05, 3.63) is 33.1 Å². The first kappa shape index (κ1) is 14.6. The van der Waals surface area contributed by atoms with E-state index in [-0.39, 0.29) is 0 Å². The van der Waals surface area contributed by atoms with Crippen LogP contribution in [0.1, 0.15) is 13.2 Å². The summed E-state index contributed by atoms with van der Waals surface area (Å²) in [6.07, 6.45) is -1.84. The third kappa shape index (κ3) is 3.50. The van der Waals surface area contributed by atoms with E-state index in [4.69, 9.17) is 14.9 Å². The van der Waals surface area contributed by atoms with Gasteiger partial charge in [0.2, 0.25) is 0 Å². The van der Waals surface area contributed by atoms with E-state index in [9.17, 15) is 14.7 Å². The van der Waals surface area contributed by atoms with Gasteiger partial charge in [-0.05, 0) is 6.92 Å². The van der Waals surface area contributed by atoms with E-state index < -0.39 is 42.9 Å². The zero-order chi connectivity index (χ0) is 13.7. The van der Waals surface area contributed by atoms with E-state index in [1.165, 1.54) is 13.1 Å². The molecule has 0 aliphatic carbocycles. The van der Waals surface area contributed by atoms with Crippen molar-refractivity contribution in [2.24, 2.45) is 0 Å². The Morgan fingerprint density at radius 1 is 1.39 bits per heavy atom. The molecule has 1 unspecified atom stereocenters. The fraction of sp³-hybridized carbons (Fsp3) is 0.600. The van der Waals surface area contributed by atoms with Crippen LogP contribution in [-0.4, -0.2) is 50.3 Å². The van der Waals surface area contributed by atoms with Crippen LogP contribution in [0.5, 0.6) is 0 Å². The minimum Gasteiger partial charge on any atom is -0.394 e. The molecule has 0 bridgehead atoms. The highest BCUT2D eigenvalue weighted by molar-refractivity contribution is 4.84. The molecule has 0 radical (unpaired) electrons. The number of ether oxygens (including phenoxy) is 1. The Morgan fingerprint density at radius 2 is 2.06 bits per heavy atom. The van der Waals surface area contributed by atoms with Crippen molar-refractivity contribution in [1.29, 1.82) is 0 Å². The van der Waals surface area contributed by atoms with Gasteiger partial charge < -0.3 is 20.1 Å². The molecule has 4 N–H and O–H groups in total. The van der Waals surface area contributed by atoms with Crippen molar-refractivity contribution in [3.63, 3.8) is 0 Å². The SMILES string of the molecule is C[C@H](O)[C@@H](CO)OC(CO)n1ccc(=O)[nH]c1=O. The highest BCUT2D eigenvalue weighted by atomic mass is 16.5. The van der Waals surface area contributed by atoms with Crippen LogP contribution in [0.4, 0.5) is 0 Å². The smallest absolute Gasteiger partial charge is 0.330 e. The molecule has 0 aliphatic rings. The van der Waals surface area contributed by atoms with Gasteiger partial charge >= 0.3 is 5.69 Å². The molecule has 8 heteroatoms. The summed E-state index contributed by atoms with van der Waals surface area (Å²) in [7, 11) is 0. The molecule has 102 valence electrons. The van der Waals surface area contributed by atoms with Gasteiger partial charge in [0.1, 0.15) is 6.10 Å². The summed E-state index contributed by atoms with van der Waals surface area (Å²) in [6.45, 7) is 0.395. The van der Waals surface area contributed by atoms with Crippen molar-refractivity contribution >= 4 is 0 Å². The summed E-state index contributed by atoms with van der Waals surface area (Å²) in [5, 5.41) is 27.5. The summed E-state index contributed by atoms with van der Waals surface area (Å²) in [4.78, 5) is 24.4. The molecular weight excluding hydrogens is 244 g/mol. The van der Waals surface area contributed by atoms with Crippen LogP contribution in [-0.2, 0) is 4.74 Å². The number of nitrogens with one attached hydrogen (secondary N) is 1. The molecule has 8 nitrogen and oxygen atoms in total. The number of aliphatic hydroxyl groups excluding tert-OH is 3. The van der Waals surface area contributed by atoms with Crippen LogP contribution in [0, 0.1) is 0 Å². The van der Waals surface area contributed by atoms with E-state index in [2.05, 4.69) is 0 Å².